The normalized spacial score (nSPS) is 10.6. The Balaban J connectivity index is 2.01. The van der Waals surface area contributed by atoms with Crippen LogP contribution in [-0.2, 0) is 4.79 Å². The maximum atomic E-state index is 12.9. The molecule has 0 aliphatic heterocycles. The molecule has 0 spiro atoms. The number of nitrogens with zero attached hydrogens (tertiary/aromatic N) is 1. The van der Waals surface area contributed by atoms with Gasteiger partial charge in [-0.1, -0.05) is 17.7 Å². The van der Waals surface area contributed by atoms with Crippen LogP contribution in [0.5, 0.6) is 0 Å². The van der Waals surface area contributed by atoms with Crippen LogP contribution in [0, 0.1) is 5.82 Å². The average Bonchev–Trinajstić information content (AvgIpc) is 2.42. The highest BCUT2D eigenvalue weighted by Gasteiger charge is 2.02. The number of hydrogen-bond acceptors (Lipinski definition) is 2. The van der Waals surface area contributed by atoms with Gasteiger partial charge >= 0.3 is 0 Å². The molecule has 0 bridgehead atoms. The summed E-state index contributed by atoms with van der Waals surface area (Å²) >= 11 is 5.62. The smallest absolute Gasteiger partial charge is 0.248 e. The van der Waals surface area contributed by atoms with Crippen molar-refractivity contribution in [2.75, 3.05) is 5.32 Å². The number of aromatic nitrogens is 1. The van der Waals surface area contributed by atoms with Gasteiger partial charge in [0.25, 0.3) is 0 Å². The molecule has 1 N–H and O–H groups in total. The van der Waals surface area contributed by atoms with Crippen molar-refractivity contribution in [3.63, 3.8) is 0 Å². The van der Waals surface area contributed by atoms with Crippen molar-refractivity contribution in [3.8, 4) is 0 Å². The lowest BCUT2D eigenvalue weighted by atomic mass is 10.3. The van der Waals surface area contributed by atoms with Crippen molar-refractivity contribution in [3.05, 3.63) is 65.2 Å². The highest BCUT2D eigenvalue weighted by Crippen LogP contribution is 2.19. The van der Waals surface area contributed by atoms with Crippen molar-refractivity contribution in [2.24, 2.45) is 0 Å². The van der Waals surface area contributed by atoms with E-state index in [4.69, 9.17) is 11.6 Å². The Labute approximate surface area is 114 Å². The Kier molecular flexibility index (Phi) is 4.26. The van der Waals surface area contributed by atoms with Crippen molar-refractivity contribution in [1.82, 2.24) is 4.98 Å². The summed E-state index contributed by atoms with van der Waals surface area (Å²) in [6.07, 6.45) is 4.57. The second-order valence-corrected chi connectivity index (χ2v) is 4.11. The number of benzene rings is 1. The van der Waals surface area contributed by atoms with Crippen LogP contribution in [-0.4, -0.2) is 10.9 Å². The molecule has 3 nitrogen and oxygen atoms in total. The van der Waals surface area contributed by atoms with Gasteiger partial charge in [-0.05, 0) is 36.4 Å². The van der Waals surface area contributed by atoms with E-state index in [1.165, 1.54) is 24.3 Å². The summed E-state index contributed by atoms with van der Waals surface area (Å²) in [6.45, 7) is 0. The van der Waals surface area contributed by atoms with Crippen LogP contribution in [0.1, 0.15) is 5.69 Å². The number of rotatable bonds is 3. The predicted octanol–water partition coefficient (Wildman–Crippen LogP) is 3.53. The number of carbonyl (C=O) groups excluding carboxylic acids is 1. The van der Waals surface area contributed by atoms with Gasteiger partial charge in [0, 0.05) is 18.0 Å². The van der Waals surface area contributed by atoms with E-state index in [-0.39, 0.29) is 10.9 Å². The SMILES string of the molecule is O=C(/C=C/c1ccccn1)Nc1ccc(F)c(Cl)c1. The molecule has 96 valence electrons. The van der Waals surface area contributed by atoms with Crippen molar-refractivity contribution >= 4 is 29.3 Å². The topological polar surface area (TPSA) is 42.0 Å². The summed E-state index contributed by atoms with van der Waals surface area (Å²) in [5.41, 5.74) is 1.11. The Morgan fingerprint density at radius 2 is 2.16 bits per heavy atom. The summed E-state index contributed by atoms with van der Waals surface area (Å²) < 4.78 is 12.9. The van der Waals surface area contributed by atoms with Crippen molar-refractivity contribution in [1.29, 1.82) is 0 Å². The van der Waals surface area contributed by atoms with E-state index in [2.05, 4.69) is 10.3 Å². The Morgan fingerprint density at radius 3 is 2.84 bits per heavy atom. The molecule has 0 aliphatic carbocycles. The van der Waals surface area contributed by atoms with Crippen LogP contribution in [0.4, 0.5) is 10.1 Å². The van der Waals surface area contributed by atoms with E-state index >= 15 is 0 Å². The van der Waals surface area contributed by atoms with Crippen molar-refractivity contribution < 1.29 is 9.18 Å². The Morgan fingerprint density at radius 1 is 1.32 bits per heavy atom. The van der Waals surface area contributed by atoms with Crippen molar-refractivity contribution in [2.45, 2.75) is 0 Å². The molecule has 0 saturated heterocycles. The summed E-state index contributed by atoms with van der Waals surface area (Å²) in [4.78, 5) is 15.7. The summed E-state index contributed by atoms with van der Waals surface area (Å²) in [5, 5.41) is 2.54. The number of amides is 1. The molecule has 0 atom stereocenters. The highest BCUT2D eigenvalue weighted by molar-refractivity contribution is 6.31. The van der Waals surface area contributed by atoms with Gasteiger partial charge in [0.1, 0.15) is 5.82 Å². The number of pyridine rings is 1. The molecule has 1 heterocycles. The summed E-state index contributed by atoms with van der Waals surface area (Å²) in [7, 11) is 0. The van der Waals surface area contributed by atoms with Crippen LogP contribution < -0.4 is 5.32 Å². The van der Waals surface area contributed by atoms with Gasteiger partial charge in [-0.2, -0.15) is 0 Å². The lowest BCUT2D eigenvalue weighted by Crippen LogP contribution is -2.07. The van der Waals surface area contributed by atoms with Crippen LogP contribution in [0.25, 0.3) is 6.08 Å². The highest BCUT2D eigenvalue weighted by atomic mass is 35.5. The Hall–Kier alpha value is -2.20. The molecule has 2 aromatic rings. The van der Waals surface area contributed by atoms with Crippen LogP contribution in [0.2, 0.25) is 5.02 Å². The van der Waals surface area contributed by atoms with Gasteiger partial charge in [-0.25, -0.2) is 4.39 Å². The fraction of sp³-hybridized carbons (Fsp3) is 0. The van der Waals surface area contributed by atoms with Gasteiger partial charge < -0.3 is 5.32 Å². The van der Waals surface area contributed by atoms with Gasteiger partial charge in [0.2, 0.25) is 5.91 Å². The quantitative estimate of drug-likeness (QED) is 0.872. The standard InChI is InChI=1S/C14H10ClFN2O/c15-12-9-11(4-6-13(12)16)18-14(19)7-5-10-3-1-2-8-17-10/h1-9H,(H,18,19)/b7-5+. The minimum absolute atomic E-state index is 0.0356. The molecule has 1 aromatic heterocycles. The minimum Gasteiger partial charge on any atom is -0.322 e. The second-order valence-electron chi connectivity index (χ2n) is 3.71. The molecule has 0 radical (unpaired) electrons. The third kappa shape index (κ3) is 3.89. The van der Waals surface area contributed by atoms with E-state index < -0.39 is 5.82 Å². The zero-order valence-electron chi connectivity index (χ0n) is 9.81. The zero-order chi connectivity index (χ0) is 13.7. The maximum Gasteiger partial charge on any atom is 0.248 e. The zero-order valence-corrected chi connectivity index (χ0v) is 10.6. The lowest BCUT2D eigenvalue weighted by Gasteiger charge is -2.02. The molecule has 2 rings (SSSR count). The second kappa shape index (κ2) is 6.11. The molecule has 1 amide bonds. The van der Waals surface area contributed by atoms with Gasteiger partial charge in [-0.3, -0.25) is 9.78 Å². The first kappa shape index (κ1) is 13.2. The minimum atomic E-state index is -0.524. The van der Waals surface area contributed by atoms with Crippen LogP contribution in [0.3, 0.4) is 0 Å². The monoisotopic (exact) mass is 276 g/mol. The van der Waals surface area contributed by atoms with Gasteiger partial charge in [-0.15, -0.1) is 0 Å². The molecule has 1 aromatic carbocycles. The first-order valence-electron chi connectivity index (χ1n) is 5.50. The average molecular weight is 277 g/mol. The third-order valence-electron chi connectivity index (χ3n) is 2.28. The van der Waals surface area contributed by atoms with Crippen LogP contribution >= 0.6 is 11.6 Å². The van der Waals surface area contributed by atoms with E-state index in [1.807, 2.05) is 6.07 Å². The number of nitrogens with one attached hydrogen (secondary N) is 1. The molecule has 0 aliphatic rings. The molecule has 0 saturated carbocycles. The maximum absolute atomic E-state index is 12.9. The first-order chi connectivity index (χ1) is 9.15. The first-order valence-corrected chi connectivity index (χ1v) is 5.88. The van der Waals surface area contributed by atoms with E-state index in [0.717, 1.165) is 0 Å². The van der Waals surface area contributed by atoms with E-state index in [9.17, 15) is 9.18 Å². The van der Waals surface area contributed by atoms with Gasteiger partial charge in [0.15, 0.2) is 0 Å². The third-order valence-corrected chi connectivity index (χ3v) is 2.57. The number of hydrogen-bond donors (Lipinski definition) is 1. The summed E-state index contributed by atoms with van der Waals surface area (Å²) in [5.74, 6) is -0.864. The number of halogens is 2. The molecular formula is C14H10ClFN2O. The molecule has 19 heavy (non-hydrogen) atoms. The molecular weight excluding hydrogens is 267 g/mol. The number of anilines is 1. The van der Waals surface area contributed by atoms with Crippen LogP contribution in [0.15, 0.2) is 48.7 Å². The van der Waals surface area contributed by atoms with Gasteiger partial charge in [0.05, 0.1) is 10.7 Å². The largest absolute Gasteiger partial charge is 0.322 e. The van der Waals surface area contributed by atoms with E-state index in [1.54, 1.807) is 24.4 Å². The predicted molar refractivity (Wildman–Crippen MR) is 73.3 cm³/mol. The molecule has 0 fully saturated rings. The molecule has 0 unspecified atom stereocenters. The fourth-order valence-electron chi connectivity index (χ4n) is 1.39. The molecule has 5 heteroatoms. The lowest BCUT2D eigenvalue weighted by molar-refractivity contribution is -0.111. The van der Waals surface area contributed by atoms with E-state index in [0.29, 0.717) is 11.4 Å². The fourth-order valence-corrected chi connectivity index (χ4v) is 1.57. The summed E-state index contributed by atoms with van der Waals surface area (Å²) in [6, 6.07) is 9.37. The number of carbonyl (C=O) groups is 1. The Bertz CT molecular complexity index is 614.